The number of hydrogen-bond acceptors (Lipinski definition) is 0. The van der Waals surface area contributed by atoms with Gasteiger partial charge in [0.1, 0.15) is 0 Å². The van der Waals surface area contributed by atoms with Crippen molar-refractivity contribution in [3.63, 3.8) is 0 Å². The molecule has 0 amide bonds. The van der Waals surface area contributed by atoms with E-state index in [1.807, 2.05) is 0 Å². The monoisotopic (exact) mass is 234 g/mol. The van der Waals surface area contributed by atoms with Crippen LogP contribution >= 0.6 is 0 Å². The minimum atomic E-state index is 0.697. The summed E-state index contributed by atoms with van der Waals surface area (Å²) in [5.74, 6) is 4.15. The predicted octanol–water partition coefficient (Wildman–Crippen LogP) is 5.28. The zero-order valence-corrected chi connectivity index (χ0v) is 12.3. The van der Waals surface area contributed by atoms with Gasteiger partial charge in [0, 0.05) is 0 Å². The third kappa shape index (κ3) is 1.62. The van der Waals surface area contributed by atoms with Crippen LogP contribution in [0.1, 0.15) is 72.6 Å². The molecule has 3 saturated carbocycles. The van der Waals surface area contributed by atoms with Crippen molar-refractivity contribution < 1.29 is 0 Å². The molecule has 3 aliphatic rings. The molecule has 0 aromatic carbocycles. The molecule has 0 heteroatoms. The summed E-state index contributed by atoms with van der Waals surface area (Å²) in [6, 6.07) is 0. The first-order valence-electron chi connectivity index (χ1n) is 7.98. The Morgan fingerprint density at radius 1 is 1.06 bits per heavy atom. The summed E-state index contributed by atoms with van der Waals surface area (Å²) in [6.45, 7) is 10.2. The van der Waals surface area contributed by atoms with Gasteiger partial charge >= 0.3 is 0 Å². The summed E-state index contributed by atoms with van der Waals surface area (Å²) in [7, 11) is 0. The van der Waals surface area contributed by atoms with Crippen LogP contribution in [0, 0.1) is 34.5 Å². The van der Waals surface area contributed by atoms with Crippen molar-refractivity contribution in [3.05, 3.63) is 0 Å². The molecule has 0 N–H and O–H groups in total. The Bertz CT molecular complexity index is 307. The molecule has 17 heavy (non-hydrogen) atoms. The molecule has 6 unspecified atom stereocenters. The summed E-state index contributed by atoms with van der Waals surface area (Å²) in [6.07, 6.45) is 10.6. The first kappa shape index (κ1) is 12.1. The van der Waals surface area contributed by atoms with Crippen LogP contribution in [0.5, 0.6) is 0 Å². The Balaban J connectivity index is 1.88. The molecule has 0 radical (unpaired) electrons. The topological polar surface area (TPSA) is 0 Å². The molecule has 0 aliphatic heterocycles. The van der Waals surface area contributed by atoms with Crippen molar-refractivity contribution in [3.8, 4) is 0 Å². The summed E-state index contributed by atoms with van der Waals surface area (Å²) >= 11 is 0. The lowest BCUT2D eigenvalue weighted by molar-refractivity contribution is -0.0172. The lowest BCUT2D eigenvalue weighted by Gasteiger charge is -2.51. The lowest BCUT2D eigenvalue weighted by Crippen LogP contribution is -2.43. The minimum absolute atomic E-state index is 0.697. The minimum Gasteiger partial charge on any atom is -0.0651 e. The molecule has 0 nitrogen and oxygen atoms in total. The Labute approximate surface area is 108 Å². The largest absolute Gasteiger partial charge is 0.0651 e. The molecule has 3 aliphatic carbocycles. The molecule has 98 valence electrons. The van der Waals surface area contributed by atoms with Crippen LogP contribution in [0.25, 0.3) is 0 Å². The molecule has 0 aromatic heterocycles. The van der Waals surface area contributed by atoms with Gasteiger partial charge in [0.25, 0.3) is 0 Å². The molecule has 0 aromatic rings. The maximum Gasteiger partial charge on any atom is -0.0264 e. The molecule has 6 atom stereocenters. The zero-order valence-electron chi connectivity index (χ0n) is 12.3. The molecular formula is C17H30. The van der Waals surface area contributed by atoms with Gasteiger partial charge in [-0.1, -0.05) is 34.1 Å². The second-order valence-electron chi connectivity index (χ2n) is 8.19. The third-order valence-corrected chi connectivity index (χ3v) is 7.06. The Hall–Kier alpha value is 0. The molecule has 3 rings (SSSR count). The van der Waals surface area contributed by atoms with E-state index >= 15 is 0 Å². The number of hydrogen-bond donors (Lipinski definition) is 0. The van der Waals surface area contributed by atoms with Crippen LogP contribution in [0.3, 0.4) is 0 Å². The Morgan fingerprint density at radius 3 is 2.53 bits per heavy atom. The van der Waals surface area contributed by atoms with Gasteiger partial charge in [-0.05, 0) is 73.0 Å². The van der Waals surface area contributed by atoms with Gasteiger partial charge in [-0.15, -0.1) is 0 Å². The van der Waals surface area contributed by atoms with E-state index in [0.717, 1.165) is 23.7 Å². The fraction of sp³-hybridized carbons (Fsp3) is 1.00. The first-order valence-corrected chi connectivity index (χ1v) is 7.98. The highest BCUT2D eigenvalue weighted by atomic mass is 14.6. The average molecular weight is 234 g/mol. The summed E-state index contributed by atoms with van der Waals surface area (Å²) in [5.41, 5.74) is 1.40. The highest BCUT2D eigenvalue weighted by Gasteiger charge is 2.57. The van der Waals surface area contributed by atoms with E-state index in [4.69, 9.17) is 0 Å². The fourth-order valence-electron chi connectivity index (χ4n) is 6.37. The summed E-state index contributed by atoms with van der Waals surface area (Å²) in [5, 5.41) is 0. The van der Waals surface area contributed by atoms with Crippen molar-refractivity contribution in [1.29, 1.82) is 0 Å². The van der Waals surface area contributed by atoms with Crippen LogP contribution in [0.2, 0.25) is 0 Å². The number of fused-ring (bicyclic) bond motifs is 2. The molecule has 0 saturated heterocycles. The average Bonchev–Trinajstić information content (AvgIpc) is 2.67. The quantitative estimate of drug-likeness (QED) is 0.579. The molecule has 0 heterocycles. The van der Waals surface area contributed by atoms with Crippen LogP contribution in [-0.2, 0) is 0 Å². The Morgan fingerprint density at radius 2 is 1.82 bits per heavy atom. The molecule has 0 bridgehead atoms. The van der Waals surface area contributed by atoms with Gasteiger partial charge < -0.3 is 0 Å². The van der Waals surface area contributed by atoms with Gasteiger partial charge in [0.2, 0.25) is 0 Å². The van der Waals surface area contributed by atoms with E-state index in [-0.39, 0.29) is 0 Å². The predicted molar refractivity (Wildman–Crippen MR) is 73.8 cm³/mol. The van der Waals surface area contributed by atoms with Crippen LogP contribution in [0.4, 0.5) is 0 Å². The van der Waals surface area contributed by atoms with E-state index in [1.165, 1.54) is 38.5 Å². The second-order valence-corrected chi connectivity index (χ2v) is 8.19. The van der Waals surface area contributed by atoms with Gasteiger partial charge in [0.05, 0.1) is 0 Å². The number of rotatable bonds is 1. The van der Waals surface area contributed by atoms with Crippen molar-refractivity contribution in [2.45, 2.75) is 72.6 Å². The van der Waals surface area contributed by atoms with Gasteiger partial charge in [-0.2, -0.15) is 0 Å². The fourth-order valence-corrected chi connectivity index (χ4v) is 6.37. The van der Waals surface area contributed by atoms with Gasteiger partial charge in [0.15, 0.2) is 0 Å². The maximum atomic E-state index is 2.64. The van der Waals surface area contributed by atoms with Crippen LogP contribution < -0.4 is 0 Å². The normalized spacial score (nSPS) is 57.9. The van der Waals surface area contributed by atoms with E-state index in [9.17, 15) is 0 Å². The highest BCUT2D eigenvalue weighted by Crippen LogP contribution is 2.66. The smallest absolute Gasteiger partial charge is 0.0264 e. The van der Waals surface area contributed by atoms with Crippen molar-refractivity contribution in [1.82, 2.24) is 0 Å². The van der Waals surface area contributed by atoms with E-state index in [0.29, 0.717) is 10.8 Å². The molecule has 0 spiro atoms. The van der Waals surface area contributed by atoms with E-state index in [1.54, 1.807) is 6.42 Å². The van der Waals surface area contributed by atoms with Crippen LogP contribution in [0.15, 0.2) is 0 Å². The lowest BCUT2D eigenvalue weighted by atomic mass is 9.54. The van der Waals surface area contributed by atoms with Crippen LogP contribution in [-0.4, -0.2) is 0 Å². The van der Waals surface area contributed by atoms with E-state index < -0.39 is 0 Å². The standard InChI is InChI=1S/C17H30/c1-5-13-6-7-14-9-15-8-12(2)10-16(15,3)11-17(13,14)4/h12-15H,5-11H2,1-4H3. The second kappa shape index (κ2) is 3.75. The summed E-state index contributed by atoms with van der Waals surface area (Å²) in [4.78, 5) is 0. The first-order chi connectivity index (χ1) is 7.98. The molecular weight excluding hydrogens is 204 g/mol. The van der Waals surface area contributed by atoms with Crippen molar-refractivity contribution >= 4 is 0 Å². The van der Waals surface area contributed by atoms with Crippen molar-refractivity contribution in [2.24, 2.45) is 34.5 Å². The maximum absolute atomic E-state index is 2.64. The Kier molecular flexibility index (Phi) is 2.66. The van der Waals surface area contributed by atoms with Gasteiger partial charge in [-0.25, -0.2) is 0 Å². The van der Waals surface area contributed by atoms with E-state index in [2.05, 4.69) is 27.7 Å². The SMILES string of the molecule is CCC1CCC2CC3CC(C)CC3(C)CC12C. The van der Waals surface area contributed by atoms with Gasteiger partial charge in [-0.3, -0.25) is 0 Å². The third-order valence-electron chi connectivity index (χ3n) is 7.06. The summed E-state index contributed by atoms with van der Waals surface area (Å²) < 4.78 is 0. The van der Waals surface area contributed by atoms with Crippen molar-refractivity contribution in [2.75, 3.05) is 0 Å². The molecule has 3 fully saturated rings. The highest BCUT2D eigenvalue weighted by molar-refractivity contribution is 5.07. The zero-order chi connectivity index (χ0) is 12.3.